The normalized spacial score (nSPS) is 47.5. The third-order valence-electron chi connectivity index (χ3n) is 8.92. The number of fused-ring (bicyclic) bond motifs is 5. The molecule has 158 valence electrons. The largest absolute Gasteiger partial charge is 0.390 e. The maximum absolute atomic E-state index is 11.3. The molecule has 0 heterocycles. The van der Waals surface area contributed by atoms with Crippen LogP contribution in [0.2, 0.25) is 0 Å². The Kier molecular flexibility index (Phi) is 4.88. The van der Waals surface area contributed by atoms with Gasteiger partial charge in [-0.15, -0.1) is 0 Å². The molecule has 0 aromatic rings. The molecule has 0 aromatic carbocycles. The lowest BCUT2D eigenvalue weighted by Crippen LogP contribution is -2.54. The smallest absolute Gasteiger partial charge is 0.325 e. The van der Waals surface area contributed by atoms with E-state index in [-0.39, 0.29) is 10.8 Å². The molecule has 5 nitrogen and oxygen atoms in total. The maximum Gasteiger partial charge on any atom is 0.325 e. The molecule has 0 saturated heterocycles. The van der Waals surface area contributed by atoms with Crippen molar-refractivity contribution in [3.63, 3.8) is 0 Å². The SMILES string of the molecule is C[C@]12CC/C(=N\OS(C)(=O)=O)C(Br)=C1CC[C@@H]1[C@@H]2CC[C@@]2(C)[C@H]1CC[C@]2(C)O. The Labute approximate surface area is 177 Å². The van der Waals surface area contributed by atoms with E-state index in [1.165, 1.54) is 5.57 Å². The summed E-state index contributed by atoms with van der Waals surface area (Å²) in [6.45, 7) is 6.76. The van der Waals surface area contributed by atoms with Gasteiger partial charge in [-0.25, -0.2) is 0 Å². The van der Waals surface area contributed by atoms with Gasteiger partial charge >= 0.3 is 10.1 Å². The van der Waals surface area contributed by atoms with Gasteiger partial charge in [0.05, 0.1) is 17.6 Å². The van der Waals surface area contributed by atoms with E-state index in [0.717, 1.165) is 62.1 Å². The number of rotatable bonds is 2. The highest BCUT2D eigenvalue weighted by molar-refractivity contribution is 9.12. The minimum Gasteiger partial charge on any atom is -0.390 e. The molecule has 28 heavy (non-hydrogen) atoms. The average Bonchev–Trinajstić information content (AvgIpc) is 2.83. The minimum atomic E-state index is -3.59. The summed E-state index contributed by atoms with van der Waals surface area (Å²) < 4.78 is 28.3. The summed E-state index contributed by atoms with van der Waals surface area (Å²) >= 11 is 3.74. The van der Waals surface area contributed by atoms with Crippen molar-refractivity contribution in [2.75, 3.05) is 6.26 Å². The van der Waals surface area contributed by atoms with Crippen LogP contribution in [0.25, 0.3) is 0 Å². The number of hydrogen-bond donors (Lipinski definition) is 1. The second-order valence-electron chi connectivity index (χ2n) is 10.2. The molecule has 0 spiro atoms. The molecule has 1 N–H and O–H groups in total. The predicted octanol–water partition coefficient (Wildman–Crippen LogP) is 4.76. The number of hydrogen-bond acceptors (Lipinski definition) is 5. The third kappa shape index (κ3) is 3.02. The van der Waals surface area contributed by atoms with Crippen LogP contribution in [-0.4, -0.2) is 31.1 Å². The molecule has 0 radical (unpaired) electrons. The van der Waals surface area contributed by atoms with Gasteiger partial charge in [0, 0.05) is 4.48 Å². The van der Waals surface area contributed by atoms with Gasteiger partial charge in [-0.2, -0.15) is 8.42 Å². The second kappa shape index (κ2) is 6.55. The first kappa shape index (κ1) is 20.9. The van der Waals surface area contributed by atoms with Gasteiger partial charge in [0.1, 0.15) is 0 Å². The highest BCUT2D eigenvalue weighted by Crippen LogP contribution is 2.68. The van der Waals surface area contributed by atoms with Crippen LogP contribution >= 0.6 is 15.9 Å². The van der Waals surface area contributed by atoms with Gasteiger partial charge in [0.25, 0.3) is 0 Å². The molecule has 6 atom stereocenters. The molecule has 0 amide bonds. The molecule has 7 heteroatoms. The van der Waals surface area contributed by atoms with Gasteiger partial charge in [0.15, 0.2) is 0 Å². The number of aliphatic hydroxyl groups is 1. The van der Waals surface area contributed by atoms with E-state index in [1.54, 1.807) is 0 Å². The molecule has 0 unspecified atom stereocenters. The Morgan fingerprint density at radius 3 is 2.43 bits per heavy atom. The third-order valence-corrected chi connectivity index (χ3v) is 10.2. The zero-order chi connectivity index (χ0) is 20.5. The Balaban J connectivity index is 1.65. The minimum absolute atomic E-state index is 0.0353. The second-order valence-corrected chi connectivity index (χ2v) is 12.6. The Bertz CT molecular complexity index is 848. The van der Waals surface area contributed by atoms with Gasteiger partial charge in [0.2, 0.25) is 0 Å². The highest BCUT2D eigenvalue weighted by Gasteiger charge is 2.62. The molecule has 0 bridgehead atoms. The molecule has 3 saturated carbocycles. The topological polar surface area (TPSA) is 76.0 Å². The van der Waals surface area contributed by atoms with Crippen LogP contribution < -0.4 is 0 Å². The first-order valence-corrected chi connectivity index (χ1v) is 13.1. The molecule has 0 aliphatic heterocycles. The molecule has 4 aliphatic carbocycles. The summed E-state index contributed by atoms with van der Waals surface area (Å²) in [5.41, 5.74) is 1.69. The molecular weight excluding hydrogens is 442 g/mol. The van der Waals surface area contributed by atoms with E-state index in [2.05, 4.69) is 34.9 Å². The molecule has 4 aliphatic rings. The highest BCUT2D eigenvalue weighted by atomic mass is 79.9. The van der Waals surface area contributed by atoms with E-state index < -0.39 is 15.7 Å². The van der Waals surface area contributed by atoms with Crippen molar-refractivity contribution in [3.8, 4) is 0 Å². The zero-order valence-corrected chi connectivity index (χ0v) is 19.7. The summed E-state index contributed by atoms with van der Waals surface area (Å²) in [5, 5.41) is 15.0. The lowest BCUT2D eigenvalue weighted by molar-refractivity contribution is -0.117. The van der Waals surface area contributed by atoms with Gasteiger partial charge in [-0.1, -0.05) is 19.0 Å². The van der Waals surface area contributed by atoms with Crippen molar-refractivity contribution < 1.29 is 17.8 Å². The van der Waals surface area contributed by atoms with E-state index in [1.807, 2.05) is 6.92 Å². The summed E-state index contributed by atoms with van der Waals surface area (Å²) in [6, 6.07) is 0. The quantitative estimate of drug-likeness (QED) is 0.586. The maximum atomic E-state index is 11.3. The van der Waals surface area contributed by atoms with Crippen LogP contribution in [0.4, 0.5) is 0 Å². The van der Waals surface area contributed by atoms with Crippen molar-refractivity contribution in [2.45, 2.75) is 77.7 Å². The van der Waals surface area contributed by atoms with Crippen LogP contribution in [0.5, 0.6) is 0 Å². The molecular formula is C21H32BrNO4S. The lowest BCUT2D eigenvalue weighted by atomic mass is 9.46. The van der Waals surface area contributed by atoms with E-state index in [9.17, 15) is 13.5 Å². The number of oxime groups is 1. The fourth-order valence-electron chi connectivity index (χ4n) is 7.10. The number of nitrogens with zero attached hydrogens (tertiary/aromatic N) is 1. The van der Waals surface area contributed by atoms with E-state index >= 15 is 0 Å². The monoisotopic (exact) mass is 473 g/mol. The summed E-state index contributed by atoms with van der Waals surface area (Å²) in [4.78, 5) is 0. The first-order chi connectivity index (χ1) is 12.9. The predicted molar refractivity (Wildman–Crippen MR) is 114 cm³/mol. The lowest BCUT2D eigenvalue weighted by Gasteiger charge is -2.59. The average molecular weight is 474 g/mol. The standard InChI is InChI=1S/C21H32BrNO4S/c1-19-10-9-17(23-27-28(4,25)26)18(22)16(19)6-5-13-14(19)7-11-20(2)15(13)8-12-21(20,3)24/h13-15,24H,5-12H2,1-4H3/b23-17+/t13-,14+,15+,19-,20+,21+/m1/s1. The van der Waals surface area contributed by atoms with Crippen molar-refractivity contribution in [1.29, 1.82) is 0 Å². The Hall–Kier alpha value is -0.400. The zero-order valence-electron chi connectivity index (χ0n) is 17.3. The summed E-state index contributed by atoms with van der Waals surface area (Å²) in [6.07, 6.45) is 9.15. The van der Waals surface area contributed by atoms with E-state index in [0.29, 0.717) is 23.5 Å². The van der Waals surface area contributed by atoms with Gasteiger partial charge in [-0.3, -0.25) is 4.28 Å². The van der Waals surface area contributed by atoms with Crippen molar-refractivity contribution in [2.24, 2.45) is 33.7 Å². The molecule has 0 aromatic heterocycles. The van der Waals surface area contributed by atoms with E-state index in [4.69, 9.17) is 4.28 Å². The van der Waals surface area contributed by atoms with Crippen LogP contribution in [-0.2, 0) is 14.4 Å². The molecule has 4 rings (SSSR count). The number of halogens is 1. The van der Waals surface area contributed by atoms with Crippen molar-refractivity contribution in [3.05, 3.63) is 10.1 Å². The van der Waals surface area contributed by atoms with Crippen molar-refractivity contribution >= 4 is 31.8 Å². The first-order valence-electron chi connectivity index (χ1n) is 10.5. The summed E-state index contributed by atoms with van der Waals surface area (Å²) in [7, 11) is -3.59. The number of allylic oxidation sites excluding steroid dienone is 2. The molecule has 3 fully saturated rings. The van der Waals surface area contributed by atoms with Crippen LogP contribution in [0.1, 0.15) is 72.1 Å². The Morgan fingerprint density at radius 1 is 1.07 bits per heavy atom. The van der Waals surface area contributed by atoms with Crippen LogP contribution in [0, 0.1) is 28.6 Å². The van der Waals surface area contributed by atoms with Crippen LogP contribution in [0.15, 0.2) is 15.2 Å². The Morgan fingerprint density at radius 2 is 1.75 bits per heavy atom. The fraction of sp³-hybridized carbons (Fsp3) is 0.857. The summed E-state index contributed by atoms with van der Waals surface area (Å²) in [5.74, 6) is 1.88. The van der Waals surface area contributed by atoms with Crippen LogP contribution in [0.3, 0.4) is 0 Å². The fourth-order valence-corrected chi connectivity index (χ4v) is 8.25. The van der Waals surface area contributed by atoms with Crippen molar-refractivity contribution in [1.82, 2.24) is 0 Å². The van der Waals surface area contributed by atoms with Gasteiger partial charge in [-0.05, 0) is 108 Å². The van der Waals surface area contributed by atoms with Gasteiger partial charge < -0.3 is 5.11 Å².